The number of halogens is 2. The third-order valence-corrected chi connectivity index (χ3v) is 8.32. The molecule has 0 aliphatic heterocycles. The predicted octanol–water partition coefficient (Wildman–Crippen LogP) is 5.91. The molecule has 208 valence electrons. The highest BCUT2D eigenvalue weighted by Gasteiger charge is 2.34. The van der Waals surface area contributed by atoms with Gasteiger partial charge in [0.05, 0.1) is 10.6 Å². The first-order valence-electron chi connectivity index (χ1n) is 12.5. The van der Waals surface area contributed by atoms with Crippen molar-refractivity contribution in [3.05, 3.63) is 94.5 Å². The zero-order valence-electron chi connectivity index (χ0n) is 22.4. The van der Waals surface area contributed by atoms with Crippen LogP contribution in [-0.2, 0) is 26.2 Å². The SMILES string of the molecule is CC[C@@H](C(=O)NC(C)(C)C)N(Cc1ccccc1Cl)C(=O)CN(c1ccc(Cl)cc1)S(=O)(=O)c1ccccc1. The lowest BCUT2D eigenvalue weighted by Crippen LogP contribution is -2.55. The fourth-order valence-corrected chi connectivity index (χ4v) is 5.80. The van der Waals surface area contributed by atoms with E-state index in [2.05, 4.69) is 5.32 Å². The van der Waals surface area contributed by atoms with E-state index < -0.39 is 34.1 Å². The van der Waals surface area contributed by atoms with Crippen molar-refractivity contribution in [2.24, 2.45) is 0 Å². The van der Waals surface area contributed by atoms with E-state index in [9.17, 15) is 18.0 Å². The molecule has 7 nitrogen and oxygen atoms in total. The molecule has 0 bridgehead atoms. The average Bonchev–Trinajstić information content (AvgIpc) is 2.88. The lowest BCUT2D eigenvalue weighted by Gasteiger charge is -2.35. The summed E-state index contributed by atoms with van der Waals surface area (Å²) in [4.78, 5) is 28.8. The van der Waals surface area contributed by atoms with Crippen molar-refractivity contribution in [2.45, 2.75) is 57.1 Å². The van der Waals surface area contributed by atoms with Crippen molar-refractivity contribution in [1.29, 1.82) is 0 Å². The summed E-state index contributed by atoms with van der Waals surface area (Å²) in [6.45, 7) is 6.85. The number of nitrogens with zero attached hydrogens (tertiary/aromatic N) is 2. The summed E-state index contributed by atoms with van der Waals surface area (Å²) in [5.74, 6) is -0.894. The molecule has 1 atom stereocenters. The van der Waals surface area contributed by atoms with Gasteiger partial charge in [0.2, 0.25) is 11.8 Å². The number of nitrogens with one attached hydrogen (secondary N) is 1. The molecule has 0 saturated heterocycles. The average molecular weight is 591 g/mol. The third kappa shape index (κ3) is 7.97. The number of hydrogen-bond acceptors (Lipinski definition) is 4. The lowest BCUT2D eigenvalue weighted by molar-refractivity contribution is -0.141. The molecule has 2 amide bonds. The molecule has 0 unspecified atom stereocenters. The van der Waals surface area contributed by atoms with Crippen molar-refractivity contribution in [2.75, 3.05) is 10.8 Å². The second-order valence-electron chi connectivity index (χ2n) is 10.1. The van der Waals surface area contributed by atoms with Crippen molar-refractivity contribution in [3.8, 4) is 0 Å². The van der Waals surface area contributed by atoms with Gasteiger partial charge >= 0.3 is 0 Å². The van der Waals surface area contributed by atoms with E-state index in [0.717, 1.165) is 4.31 Å². The largest absolute Gasteiger partial charge is 0.350 e. The van der Waals surface area contributed by atoms with Crippen LogP contribution < -0.4 is 9.62 Å². The predicted molar refractivity (Wildman–Crippen MR) is 156 cm³/mol. The molecular weight excluding hydrogens is 557 g/mol. The Morgan fingerprint density at radius 1 is 0.897 bits per heavy atom. The first kappa shape index (κ1) is 30.5. The number of benzene rings is 3. The molecule has 0 fully saturated rings. The van der Waals surface area contributed by atoms with Gasteiger partial charge in [-0.1, -0.05) is 66.5 Å². The van der Waals surface area contributed by atoms with Crippen LogP contribution in [0.1, 0.15) is 39.7 Å². The van der Waals surface area contributed by atoms with Gasteiger partial charge in [-0.3, -0.25) is 13.9 Å². The fraction of sp³-hybridized carbons (Fsp3) is 0.310. The molecule has 1 N–H and O–H groups in total. The van der Waals surface area contributed by atoms with E-state index in [4.69, 9.17) is 23.2 Å². The summed E-state index contributed by atoms with van der Waals surface area (Å²) in [6, 6.07) is 20.2. The van der Waals surface area contributed by atoms with Gasteiger partial charge in [-0.05, 0) is 75.2 Å². The topological polar surface area (TPSA) is 86.8 Å². The molecule has 0 spiro atoms. The van der Waals surface area contributed by atoms with Crippen LogP contribution in [0.3, 0.4) is 0 Å². The van der Waals surface area contributed by atoms with Crippen molar-refractivity contribution >= 4 is 50.7 Å². The van der Waals surface area contributed by atoms with Crippen LogP contribution in [-0.4, -0.2) is 43.3 Å². The van der Waals surface area contributed by atoms with E-state index in [1.54, 1.807) is 61.5 Å². The Labute approximate surface area is 240 Å². The van der Waals surface area contributed by atoms with Crippen LogP contribution in [0.2, 0.25) is 10.0 Å². The Morgan fingerprint density at radius 2 is 1.49 bits per heavy atom. The van der Waals surface area contributed by atoms with E-state index in [1.807, 2.05) is 20.8 Å². The summed E-state index contributed by atoms with van der Waals surface area (Å²) < 4.78 is 28.6. The third-order valence-electron chi connectivity index (χ3n) is 5.91. The fourth-order valence-electron chi connectivity index (χ4n) is 4.04. The van der Waals surface area contributed by atoms with E-state index in [0.29, 0.717) is 22.0 Å². The molecule has 3 rings (SSSR count). The number of rotatable bonds is 10. The molecule has 0 radical (unpaired) electrons. The van der Waals surface area contributed by atoms with Crippen LogP contribution in [0.25, 0.3) is 0 Å². The van der Waals surface area contributed by atoms with Crippen LogP contribution in [0.4, 0.5) is 5.69 Å². The summed E-state index contributed by atoms with van der Waals surface area (Å²) >= 11 is 12.5. The second-order valence-corrected chi connectivity index (χ2v) is 12.8. The summed E-state index contributed by atoms with van der Waals surface area (Å²) in [6.07, 6.45) is 0.310. The molecule has 10 heteroatoms. The minimum absolute atomic E-state index is 0.0222. The summed E-state index contributed by atoms with van der Waals surface area (Å²) in [5, 5.41) is 3.80. The summed E-state index contributed by atoms with van der Waals surface area (Å²) in [5.41, 5.74) is 0.371. The first-order chi connectivity index (χ1) is 18.3. The molecular formula is C29H33Cl2N3O4S. The smallest absolute Gasteiger partial charge is 0.264 e. The molecule has 0 heterocycles. The van der Waals surface area contributed by atoms with Crippen LogP contribution in [0.5, 0.6) is 0 Å². The molecule has 3 aromatic carbocycles. The van der Waals surface area contributed by atoms with Crippen LogP contribution in [0, 0.1) is 0 Å². The van der Waals surface area contributed by atoms with E-state index >= 15 is 0 Å². The number of carbonyl (C=O) groups is 2. The van der Waals surface area contributed by atoms with Gasteiger partial charge in [-0.25, -0.2) is 8.42 Å². The molecule has 3 aromatic rings. The molecule has 0 saturated carbocycles. The maximum Gasteiger partial charge on any atom is 0.264 e. The number of amides is 2. The van der Waals surface area contributed by atoms with Gasteiger partial charge in [0.1, 0.15) is 12.6 Å². The number of anilines is 1. The molecule has 0 aromatic heterocycles. The minimum atomic E-state index is -4.14. The van der Waals surface area contributed by atoms with E-state index in [-0.39, 0.29) is 23.0 Å². The first-order valence-corrected chi connectivity index (χ1v) is 14.7. The standard InChI is InChI=1S/C29H33Cl2N3O4S/c1-5-26(28(36)32-29(2,3)4)33(19-21-11-9-10-14-25(21)31)27(35)20-34(23-17-15-22(30)16-18-23)39(37,38)24-12-7-6-8-13-24/h6-18,26H,5,19-20H2,1-4H3,(H,32,36)/t26-/m0/s1. The van der Waals surface area contributed by atoms with Gasteiger partial charge in [0.15, 0.2) is 0 Å². The monoisotopic (exact) mass is 589 g/mol. The highest BCUT2D eigenvalue weighted by atomic mass is 35.5. The minimum Gasteiger partial charge on any atom is -0.350 e. The second kappa shape index (κ2) is 12.9. The molecule has 0 aliphatic carbocycles. The normalized spacial score (nSPS) is 12.5. The molecule has 0 aliphatic rings. The van der Waals surface area contributed by atoms with Gasteiger partial charge in [0.25, 0.3) is 10.0 Å². The highest BCUT2D eigenvalue weighted by molar-refractivity contribution is 7.92. The van der Waals surface area contributed by atoms with Gasteiger partial charge in [-0.15, -0.1) is 0 Å². The number of carbonyl (C=O) groups excluding carboxylic acids is 2. The molecule has 39 heavy (non-hydrogen) atoms. The maximum absolute atomic E-state index is 14.0. The number of hydrogen-bond donors (Lipinski definition) is 1. The zero-order chi connectivity index (χ0) is 28.8. The van der Waals surface area contributed by atoms with Gasteiger partial charge in [0, 0.05) is 22.1 Å². The summed E-state index contributed by atoms with van der Waals surface area (Å²) in [7, 11) is -4.14. The Hall–Kier alpha value is -3.07. The Kier molecular flexibility index (Phi) is 10.0. The Balaban J connectivity index is 2.07. The Bertz CT molecular complexity index is 1390. The maximum atomic E-state index is 14.0. The lowest BCUT2D eigenvalue weighted by atomic mass is 10.1. The Morgan fingerprint density at radius 3 is 2.05 bits per heavy atom. The van der Waals surface area contributed by atoms with Crippen molar-refractivity contribution in [3.63, 3.8) is 0 Å². The van der Waals surface area contributed by atoms with Crippen LogP contribution in [0.15, 0.2) is 83.8 Å². The van der Waals surface area contributed by atoms with Crippen molar-refractivity contribution in [1.82, 2.24) is 10.2 Å². The van der Waals surface area contributed by atoms with E-state index in [1.165, 1.54) is 29.2 Å². The van der Waals surface area contributed by atoms with Crippen molar-refractivity contribution < 1.29 is 18.0 Å². The van der Waals surface area contributed by atoms with Gasteiger partial charge < -0.3 is 10.2 Å². The number of sulfonamides is 1. The van der Waals surface area contributed by atoms with Crippen LogP contribution >= 0.6 is 23.2 Å². The zero-order valence-corrected chi connectivity index (χ0v) is 24.7. The highest BCUT2D eigenvalue weighted by Crippen LogP contribution is 2.27. The van der Waals surface area contributed by atoms with Gasteiger partial charge in [-0.2, -0.15) is 0 Å². The quantitative estimate of drug-likeness (QED) is 0.318.